The van der Waals surface area contributed by atoms with Gasteiger partial charge in [0.05, 0.1) is 18.6 Å². The highest BCUT2D eigenvalue weighted by Gasteiger charge is 2.58. The molecule has 4 bridgehead atoms. The van der Waals surface area contributed by atoms with Gasteiger partial charge >= 0.3 is 6.03 Å². The summed E-state index contributed by atoms with van der Waals surface area (Å²) < 4.78 is 5.38. The van der Waals surface area contributed by atoms with E-state index in [-0.39, 0.29) is 29.5 Å². The molecule has 2 heterocycles. The van der Waals surface area contributed by atoms with Crippen LogP contribution >= 0.6 is 0 Å². The zero-order valence-corrected chi connectivity index (χ0v) is 21.5. The van der Waals surface area contributed by atoms with Crippen molar-refractivity contribution in [2.24, 2.45) is 23.2 Å². The number of urea groups is 1. The second kappa shape index (κ2) is 9.55. The third-order valence-corrected chi connectivity index (χ3v) is 10.1. The Morgan fingerprint density at radius 2 is 1.78 bits per heavy atom. The molecule has 196 valence electrons. The summed E-state index contributed by atoms with van der Waals surface area (Å²) in [5.41, 5.74) is 1.00. The number of nitrogens with zero attached hydrogens (tertiary/aromatic N) is 2. The maximum absolute atomic E-state index is 13.6. The van der Waals surface area contributed by atoms with Crippen LogP contribution in [0.5, 0.6) is 5.75 Å². The molecule has 6 atom stereocenters. The lowest BCUT2D eigenvalue weighted by atomic mass is 9.48. The first-order chi connectivity index (χ1) is 17.4. The fourth-order valence-electron chi connectivity index (χ4n) is 8.38. The smallest absolute Gasteiger partial charge is 0.320 e. The van der Waals surface area contributed by atoms with Crippen LogP contribution < -0.4 is 10.1 Å². The van der Waals surface area contributed by atoms with Gasteiger partial charge in [0.15, 0.2) is 0 Å². The Hall–Kier alpha value is -2.28. The number of carbonyl (C=O) groups excluding carboxylic acids is 2. The van der Waals surface area contributed by atoms with Crippen molar-refractivity contribution >= 4 is 11.9 Å². The molecule has 7 rings (SSSR count). The molecule has 2 N–H and O–H groups in total. The summed E-state index contributed by atoms with van der Waals surface area (Å²) in [6.07, 6.45) is 8.41. The standard InChI is InChI=1S/C29H41N3O4/c1-36-25-6-2-4-21(14-25)20-7-10-31(11-8-20)28(35)32-9-3-5-24(18-32)30-27(34)29-15-19-12-22(16-29)26(33)23(13-19)17-29/h2,4,6,14,19-20,22-24,26,33H,3,5,7-13,15-18H2,1H3,(H,30,34)/t19?,22-,23?,24+,26?,29?/m1/s1. The van der Waals surface area contributed by atoms with E-state index in [0.29, 0.717) is 30.2 Å². The van der Waals surface area contributed by atoms with Gasteiger partial charge in [0.25, 0.3) is 0 Å². The van der Waals surface area contributed by atoms with Crippen LogP contribution in [0, 0.1) is 23.2 Å². The van der Waals surface area contributed by atoms with E-state index < -0.39 is 0 Å². The van der Waals surface area contributed by atoms with Crippen molar-refractivity contribution in [1.29, 1.82) is 0 Å². The molecule has 3 amide bonds. The minimum Gasteiger partial charge on any atom is -0.497 e. The van der Waals surface area contributed by atoms with Crippen molar-refractivity contribution < 1.29 is 19.4 Å². The number of likely N-dealkylation sites (tertiary alicyclic amines) is 2. The highest BCUT2D eigenvalue weighted by Crippen LogP contribution is 2.60. The predicted molar refractivity (Wildman–Crippen MR) is 137 cm³/mol. The zero-order chi connectivity index (χ0) is 24.9. The number of ether oxygens (including phenoxy) is 1. The number of aliphatic hydroxyl groups is 1. The molecular formula is C29H41N3O4. The number of nitrogens with one attached hydrogen (secondary N) is 1. The van der Waals surface area contributed by atoms with Gasteiger partial charge in [-0.15, -0.1) is 0 Å². The maximum Gasteiger partial charge on any atom is 0.320 e. The Bertz CT molecular complexity index is 974. The summed E-state index contributed by atoms with van der Waals surface area (Å²) in [5, 5.41) is 14.0. The van der Waals surface area contributed by atoms with Gasteiger partial charge in [0, 0.05) is 32.2 Å². The summed E-state index contributed by atoms with van der Waals surface area (Å²) in [6.45, 7) is 2.91. The van der Waals surface area contributed by atoms with Crippen LogP contribution in [-0.2, 0) is 4.79 Å². The number of aliphatic hydroxyl groups excluding tert-OH is 1. The third-order valence-electron chi connectivity index (χ3n) is 10.1. The quantitative estimate of drug-likeness (QED) is 0.666. The third kappa shape index (κ3) is 4.37. The van der Waals surface area contributed by atoms with Crippen molar-refractivity contribution in [3.05, 3.63) is 29.8 Å². The molecule has 2 saturated heterocycles. The number of methoxy groups -OCH3 is 1. The van der Waals surface area contributed by atoms with Crippen LogP contribution in [-0.4, -0.2) is 72.3 Å². The molecular weight excluding hydrogens is 454 g/mol. The lowest BCUT2D eigenvalue weighted by molar-refractivity contribution is -0.163. The van der Waals surface area contributed by atoms with Gasteiger partial charge in [0.2, 0.25) is 5.91 Å². The second-order valence-electron chi connectivity index (χ2n) is 12.3. The highest BCUT2D eigenvalue weighted by atomic mass is 16.5. The highest BCUT2D eigenvalue weighted by molar-refractivity contribution is 5.83. The van der Waals surface area contributed by atoms with E-state index in [4.69, 9.17) is 4.74 Å². The van der Waals surface area contributed by atoms with Crippen molar-refractivity contribution in [2.75, 3.05) is 33.3 Å². The van der Waals surface area contributed by atoms with Gasteiger partial charge in [-0.2, -0.15) is 0 Å². The minimum absolute atomic E-state index is 0.0300. The lowest BCUT2D eigenvalue weighted by Gasteiger charge is -2.58. The lowest BCUT2D eigenvalue weighted by Crippen LogP contribution is -2.61. The number of hydrogen-bond acceptors (Lipinski definition) is 4. The van der Waals surface area contributed by atoms with E-state index in [2.05, 4.69) is 17.4 Å². The van der Waals surface area contributed by atoms with E-state index in [1.807, 2.05) is 21.9 Å². The fourth-order valence-corrected chi connectivity index (χ4v) is 8.38. The fraction of sp³-hybridized carbons (Fsp3) is 0.724. The van der Waals surface area contributed by atoms with Gasteiger partial charge in [-0.1, -0.05) is 12.1 Å². The summed E-state index contributed by atoms with van der Waals surface area (Å²) in [5.74, 6) is 2.72. The molecule has 4 aliphatic carbocycles. The van der Waals surface area contributed by atoms with Gasteiger partial charge in [-0.05, 0) is 99.2 Å². The van der Waals surface area contributed by atoms with Crippen LogP contribution in [0.15, 0.2) is 24.3 Å². The molecule has 1 aromatic rings. The molecule has 0 aromatic heterocycles. The molecule has 4 unspecified atom stereocenters. The summed E-state index contributed by atoms with van der Waals surface area (Å²) >= 11 is 0. The van der Waals surface area contributed by atoms with Gasteiger partial charge in [-0.25, -0.2) is 4.79 Å². The monoisotopic (exact) mass is 495 g/mol. The molecule has 0 radical (unpaired) electrons. The van der Waals surface area contributed by atoms with Crippen molar-refractivity contribution in [3.8, 4) is 5.75 Å². The second-order valence-corrected chi connectivity index (χ2v) is 12.3. The molecule has 7 nitrogen and oxygen atoms in total. The van der Waals surface area contributed by atoms with Crippen molar-refractivity contribution in [3.63, 3.8) is 0 Å². The SMILES string of the molecule is COc1cccc(C2CCN(C(=O)N3CCC[C@H](NC(=O)C45CC6CC(C4)C(O)[C@H](C6)C5)C3)CC2)c1. The minimum atomic E-state index is -0.288. The molecule has 6 aliphatic rings. The molecule has 7 heteroatoms. The molecule has 0 spiro atoms. The number of piperidine rings is 2. The van der Waals surface area contributed by atoms with Crippen LogP contribution in [0.25, 0.3) is 0 Å². The summed E-state index contributed by atoms with van der Waals surface area (Å²) in [7, 11) is 1.70. The molecule has 1 aromatic carbocycles. The van der Waals surface area contributed by atoms with E-state index >= 15 is 0 Å². The van der Waals surface area contributed by atoms with Crippen molar-refractivity contribution in [2.45, 2.75) is 75.9 Å². The largest absolute Gasteiger partial charge is 0.497 e. The van der Waals surface area contributed by atoms with Gasteiger partial charge in [0.1, 0.15) is 5.75 Å². The summed E-state index contributed by atoms with van der Waals surface area (Å²) in [6, 6.07) is 8.44. The Labute approximate surface area is 214 Å². The number of benzene rings is 1. The van der Waals surface area contributed by atoms with Crippen molar-refractivity contribution in [1.82, 2.24) is 15.1 Å². The van der Waals surface area contributed by atoms with Crippen LogP contribution in [0.2, 0.25) is 0 Å². The summed E-state index contributed by atoms with van der Waals surface area (Å²) in [4.78, 5) is 30.9. The Morgan fingerprint density at radius 3 is 2.50 bits per heavy atom. The first-order valence-corrected chi connectivity index (χ1v) is 14.1. The van der Waals surface area contributed by atoms with Crippen LogP contribution in [0.4, 0.5) is 4.79 Å². The molecule has 2 aliphatic heterocycles. The molecule has 4 saturated carbocycles. The number of rotatable bonds is 4. The zero-order valence-electron chi connectivity index (χ0n) is 21.5. The first-order valence-electron chi connectivity index (χ1n) is 14.1. The van der Waals surface area contributed by atoms with E-state index in [9.17, 15) is 14.7 Å². The van der Waals surface area contributed by atoms with E-state index in [1.54, 1.807) is 7.11 Å². The average molecular weight is 496 g/mol. The number of carbonyl (C=O) groups is 2. The number of amides is 3. The predicted octanol–water partition coefficient (Wildman–Crippen LogP) is 3.76. The van der Waals surface area contributed by atoms with E-state index in [0.717, 1.165) is 83.2 Å². The van der Waals surface area contributed by atoms with E-state index in [1.165, 1.54) is 5.56 Å². The molecule has 6 fully saturated rings. The van der Waals surface area contributed by atoms with Crippen LogP contribution in [0.3, 0.4) is 0 Å². The first kappa shape index (κ1) is 24.1. The van der Waals surface area contributed by atoms with Gasteiger partial charge in [-0.3, -0.25) is 4.79 Å². The average Bonchev–Trinajstić information content (AvgIpc) is 2.91. The topological polar surface area (TPSA) is 82.1 Å². The molecule has 36 heavy (non-hydrogen) atoms. The Morgan fingerprint density at radius 1 is 1.03 bits per heavy atom. The maximum atomic E-state index is 13.6. The van der Waals surface area contributed by atoms with Gasteiger partial charge < -0.3 is 25.0 Å². The normalized spacial score (nSPS) is 36.1. The number of hydrogen-bond donors (Lipinski definition) is 2. The Balaban J connectivity index is 1.03. The van der Waals surface area contributed by atoms with Crippen LogP contribution in [0.1, 0.15) is 69.3 Å². The Kier molecular flexibility index (Phi) is 6.39.